The Morgan fingerprint density at radius 2 is 2.11 bits per heavy atom. The van der Waals surface area contributed by atoms with Gasteiger partial charge in [0.15, 0.2) is 0 Å². The highest BCUT2D eigenvalue weighted by Gasteiger charge is 2.23. The molecule has 4 nitrogen and oxygen atoms in total. The lowest BCUT2D eigenvalue weighted by molar-refractivity contribution is 0.0854. The second-order valence-electron chi connectivity index (χ2n) is 5.61. The van der Waals surface area contributed by atoms with Crippen LogP contribution in [-0.2, 0) is 11.3 Å². The summed E-state index contributed by atoms with van der Waals surface area (Å²) in [5.74, 6) is 0. The molecule has 0 radical (unpaired) electrons. The van der Waals surface area contributed by atoms with Crippen molar-refractivity contribution in [3.63, 3.8) is 0 Å². The minimum Gasteiger partial charge on any atom is -0.381 e. The van der Waals surface area contributed by atoms with Crippen molar-refractivity contribution in [3.05, 3.63) is 24.0 Å². The second kappa shape index (κ2) is 5.88. The smallest absolute Gasteiger partial charge is 0.0485 e. The molecule has 19 heavy (non-hydrogen) atoms. The normalized spacial score (nSPS) is 20.5. The van der Waals surface area contributed by atoms with Gasteiger partial charge in [-0.05, 0) is 31.7 Å². The van der Waals surface area contributed by atoms with Crippen LogP contribution in [0.15, 0.2) is 18.5 Å². The number of anilines is 1. The molecule has 0 aromatic carbocycles. The average molecular weight is 261 g/mol. The molecule has 0 bridgehead atoms. The average Bonchev–Trinajstić information content (AvgIpc) is 3.30. The number of nitrogens with zero attached hydrogens (tertiary/aromatic N) is 2. The molecule has 1 aliphatic heterocycles. The third-order valence-electron chi connectivity index (χ3n) is 4.15. The van der Waals surface area contributed by atoms with Crippen LogP contribution < -0.4 is 10.2 Å². The fourth-order valence-electron chi connectivity index (χ4n) is 2.71. The number of hydrogen-bond acceptors (Lipinski definition) is 4. The Labute approximate surface area is 115 Å². The maximum Gasteiger partial charge on any atom is 0.0485 e. The molecule has 2 fully saturated rings. The van der Waals surface area contributed by atoms with Gasteiger partial charge in [0.05, 0.1) is 0 Å². The molecular formula is C15H23N3O. The molecule has 1 aliphatic carbocycles. The van der Waals surface area contributed by atoms with Gasteiger partial charge in [-0.1, -0.05) is 0 Å². The Morgan fingerprint density at radius 1 is 1.32 bits per heavy atom. The van der Waals surface area contributed by atoms with Crippen LogP contribution in [-0.4, -0.2) is 37.3 Å². The SMILES string of the molecule is CN(c1ccncc1CNC1CC1)C1CCOCC1. The Balaban J connectivity index is 1.70. The van der Waals surface area contributed by atoms with E-state index < -0.39 is 0 Å². The summed E-state index contributed by atoms with van der Waals surface area (Å²) in [5.41, 5.74) is 2.62. The first-order valence-electron chi connectivity index (χ1n) is 7.31. The Hall–Kier alpha value is -1.13. The maximum atomic E-state index is 5.45. The number of nitrogens with one attached hydrogen (secondary N) is 1. The molecule has 104 valence electrons. The summed E-state index contributed by atoms with van der Waals surface area (Å²) in [6.45, 7) is 2.70. The van der Waals surface area contributed by atoms with Gasteiger partial charge in [-0.25, -0.2) is 0 Å². The highest BCUT2D eigenvalue weighted by atomic mass is 16.5. The largest absolute Gasteiger partial charge is 0.381 e. The first-order valence-corrected chi connectivity index (χ1v) is 7.31. The van der Waals surface area contributed by atoms with Crippen LogP contribution in [0.2, 0.25) is 0 Å². The fraction of sp³-hybridized carbons (Fsp3) is 0.667. The van der Waals surface area contributed by atoms with E-state index in [2.05, 4.69) is 28.3 Å². The summed E-state index contributed by atoms with van der Waals surface area (Å²) in [6.07, 6.45) is 8.78. The number of rotatable bonds is 5. The van der Waals surface area contributed by atoms with Gasteiger partial charge in [-0.15, -0.1) is 0 Å². The molecule has 1 saturated heterocycles. The topological polar surface area (TPSA) is 37.4 Å². The Bertz CT molecular complexity index is 414. The van der Waals surface area contributed by atoms with Gasteiger partial charge in [0, 0.05) is 62.5 Å². The van der Waals surface area contributed by atoms with Crippen molar-refractivity contribution in [2.24, 2.45) is 0 Å². The number of hydrogen-bond donors (Lipinski definition) is 1. The monoisotopic (exact) mass is 261 g/mol. The zero-order valence-electron chi connectivity index (χ0n) is 11.6. The first-order chi connectivity index (χ1) is 9.34. The van der Waals surface area contributed by atoms with Crippen molar-refractivity contribution in [1.29, 1.82) is 0 Å². The predicted molar refractivity (Wildman–Crippen MR) is 76.3 cm³/mol. The molecule has 0 unspecified atom stereocenters. The summed E-state index contributed by atoms with van der Waals surface area (Å²) >= 11 is 0. The minimum atomic E-state index is 0.593. The van der Waals surface area contributed by atoms with E-state index in [0.717, 1.165) is 38.6 Å². The fourth-order valence-corrected chi connectivity index (χ4v) is 2.71. The van der Waals surface area contributed by atoms with E-state index in [1.165, 1.54) is 24.1 Å². The standard InChI is InChI=1S/C15H23N3O/c1-18(14-5-8-19-9-6-14)15-4-7-16-10-12(15)11-17-13-2-3-13/h4,7,10,13-14,17H,2-3,5-6,8-9,11H2,1H3. The Morgan fingerprint density at radius 3 is 2.84 bits per heavy atom. The molecule has 0 atom stereocenters. The molecule has 2 aliphatic rings. The molecule has 3 rings (SSSR count). The van der Waals surface area contributed by atoms with Gasteiger partial charge in [0.2, 0.25) is 0 Å². The second-order valence-corrected chi connectivity index (χ2v) is 5.61. The molecule has 1 N–H and O–H groups in total. The summed E-state index contributed by atoms with van der Waals surface area (Å²) in [5, 5.41) is 3.58. The van der Waals surface area contributed by atoms with Crippen LogP contribution in [0.3, 0.4) is 0 Å². The van der Waals surface area contributed by atoms with E-state index in [1.807, 2.05) is 12.4 Å². The molecule has 1 aromatic heterocycles. The van der Waals surface area contributed by atoms with Crippen LogP contribution in [0.25, 0.3) is 0 Å². The number of pyridine rings is 1. The van der Waals surface area contributed by atoms with E-state index in [0.29, 0.717) is 6.04 Å². The van der Waals surface area contributed by atoms with Gasteiger partial charge in [0.1, 0.15) is 0 Å². The number of aromatic nitrogens is 1. The van der Waals surface area contributed by atoms with E-state index in [9.17, 15) is 0 Å². The van der Waals surface area contributed by atoms with Crippen LogP contribution >= 0.6 is 0 Å². The summed E-state index contributed by atoms with van der Waals surface area (Å²) in [7, 11) is 2.20. The summed E-state index contributed by atoms with van der Waals surface area (Å²) in [4.78, 5) is 6.69. The lowest BCUT2D eigenvalue weighted by Gasteiger charge is -2.34. The van der Waals surface area contributed by atoms with Gasteiger partial charge in [-0.2, -0.15) is 0 Å². The molecule has 0 spiro atoms. The van der Waals surface area contributed by atoms with Crippen molar-refractivity contribution >= 4 is 5.69 Å². The quantitative estimate of drug-likeness (QED) is 0.879. The van der Waals surface area contributed by atoms with Crippen LogP contribution in [0.5, 0.6) is 0 Å². The van der Waals surface area contributed by atoms with Crippen molar-refractivity contribution in [3.8, 4) is 0 Å². The minimum absolute atomic E-state index is 0.593. The predicted octanol–water partition coefficient (Wildman–Crippen LogP) is 1.95. The van der Waals surface area contributed by atoms with Gasteiger partial charge < -0.3 is 15.0 Å². The van der Waals surface area contributed by atoms with E-state index in [4.69, 9.17) is 4.74 Å². The lowest BCUT2D eigenvalue weighted by Crippen LogP contribution is -2.37. The van der Waals surface area contributed by atoms with Crippen molar-refractivity contribution in [1.82, 2.24) is 10.3 Å². The van der Waals surface area contributed by atoms with Crippen molar-refractivity contribution in [2.75, 3.05) is 25.2 Å². The van der Waals surface area contributed by atoms with Crippen LogP contribution in [0.4, 0.5) is 5.69 Å². The maximum absolute atomic E-state index is 5.45. The van der Waals surface area contributed by atoms with Crippen molar-refractivity contribution < 1.29 is 4.74 Å². The highest BCUT2D eigenvalue weighted by molar-refractivity contribution is 5.52. The van der Waals surface area contributed by atoms with E-state index in [1.54, 1.807) is 0 Å². The number of ether oxygens (including phenoxy) is 1. The molecular weight excluding hydrogens is 238 g/mol. The molecule has 1 saturated carbocycles. The highest BCUT2D eigenvalue weighted by Crippen LogP contribution is 2.25. The molecule has 0 amide bonds. The third kappa shape index (κ3) is 3.25. The summed E-state index contributed by atoms with van der Waals surface area (Å²) in [6, 6.07) is 3.47. The first kappa shape index (κ1) is 12.9. The van der Waals surface area contributed by atoms with Crippen LogP contribution in [0.1, 0.15) is 31.2 Å². The van der Waals surface area contributed by atoms with Crippen LogP contribution in [0, 0.1) is 0 Å². The van der Waals surface area contributed by atoms with Gasteiger partial charge >= 0.3 is 0 Å². The zero-order chi connectivity index (χ0) is 13.1. The molecule has 1 aromatic rings. The summed E-state index contributed by atoms with van der Waals surface area (Å²) < 4.78 is 5.45. The van der Waals surface area contributed by atoms with Gasteiger partial charge in [0.25, 0.3) is 0 Å². The van der Waals surface area contributed by atoms with Crippen molar-refractivity contribution in [2.45, 2.75) is 44.3 Å². The zero-order valence-corrected chi connectivity index (χ0v) is 11.6. The van der Waals surface area contributed by atoms with E-state index in [-0.39, 0.29) is 0 Å². The molecule has 2 heterocycles. The molecule has 4 heteroatoms. The Kier molecular flexibility index (Phi) is 3.99. The lowest BCUT2D eigenvalue weighted by atomic mass is 10.1. The van der Waals surface area contributed by atoms with E-state index >= 15 is 0 Å². The van der Waals surface area contributed by atoms with Gasteiger partial charge in [-0.3, -0.25) is 4.98 Å². The third-order valence-corrected chi connectivity index (χ3v) is 4.15.